The van der Waals surface area contributed by atoms with Gasteiger partial charge in [-0.1, -0.05) is 210 Å². The van der Waals surface area contributed by atoms with Crippen molar-refractivity contribution in [3.63, 3.8) is 0 Å². The maximum atomic E-state index is 16.1. The molecule has 1 saturated carbocycles. The number of benzene rings is 7. The number of nitrogens with zero attached hydrogens (tertiary/aromatic N) is 5. The van der Waals surface area contributed by atoms with Gasteiger partial charge in [0, 0.05) is 51.0 Å². The van der Waals surface area contributed by atoms with Crippen LogP contribution in [-0.4, -0.2) is 216 Å². The Morgan fingerprint density at radius 3 is 1.61 bits per heavy atom. The summed E-state index contributed by atoms with van der Waals surface area (Å²) in [5.41, 5.74) is 4.59. The molecular weight excluding hydrogens is 1770 g/mol. The topological polar surface area (TPSA) is 302 Å². The van der Waals surface area contributed by atoms with Gasteiger partial charge in [-0.15, -0.1) is 0 Å². The van der Waals surface area contributed by atoms with Crippen LogP contribution < -0.4 is 40.2 Å². The quantitative estimate of drug-likeness (QED) is 0.00524. The lowest BCUT2D eigenvalue weighted by atomic mass is 9.74. The smallest absolute Gasteiger partial charge is 0.497 e. The highest BCUT2D eigenvalue weighted by Crippen LogP contribution is 2.51. The second kappa shape index (κ2) is 49.4. The molecule has 0 unspecified atom stereocenters. The Bertz CT molecular complexity index is 4980. The number of unbranched alkanes of at least 4 members (excludes halogenated alkanes) is 3. The van der Waals surface area contributed by atoms with E-state index in [1.807, 2.05) is 151 Å². The van der Waals surface area contributed by atoms with E-state index in [2.05, 4.69) is 114 Å². The molecule has 0 spiro atoms. The minimum absolute atomic E-state index is 0.0187. The third-order valence-corrected chi connectivity index (χ3v) is 34.4. The first-order valence-electron chi connectivity index (χ1n) is 47.4. The number of amides is 4. The second-order valence-electron chi connectivity index (χ2n) is 36.6. The summed E-state index contributed by atoms with van der Waals surface area (Å²) < 4.78 is 99.6. The summed E-state index contributed by atoms with van der Waals surface area (Å²) in [5, 5.41) is 13.7. The number of aromatic nitrogens is 4. The van der Waals surface area contributed by atoms with Crippen molar-refractivity contribution in [3.8, 4) is 23.0 Å². The molecule has 13 rings (SSSR count). The normalized spacial score (nSPS) is 19.1. The van der Waals surface area contributed by atoms with E-state index in [1.165, 1.54) is 25.6 Å². The Morgan fingerprint density at radius 1 is 0.575 bits per heavy atom. The van der Waals surface area contributed by atoms with Crippen LogP contribution >= 0.6 is 11.8 Å². The minimum atomic E-state index is -4.28. The van der Waals surface area contributed by atoms with Crippen molar-refractivity contribution in [1.29, 1.82) is 0 Å². The Kier molecular flexibility index (Phi) is 37.5. The predicted octanol–water partition coefficient (Wildman–Crippen LogP) is 17.7. The van der Waals surface area contributed by atoms with Crippen molar-refractivity contribution in [2.24, 2.45) is 0 Å². The molecule has 4 amide bonds. The highest BCUT2D eigenvalue weighted by atomic mass is 32.2. The predicted molar refractivity (Wildman–Crippen MR) is 524 cm³/mol. The number of nitrogens with one attached hydrogen (secondary N) is 4. The lowest BCUT2D eigenvalue weighted by molar-refractivity contribution is -0.321. The molecule has 3 saturated heterocycles. The van der Waals surface area contributed by atoms with Gasteiger partial charge in [-0.05, 0) is 165 Å². The van der Waals surface area contributed by atoms with E-state index in [0.717, 1.165) is 109 Å². The number of esters is 1. The molecule has 4 aliphatic rings. The number of carbonyl (C=O) groups excluding carboxylic acids is 4. The van der Waals surface area contributed by atoms with E-state index >= 15 is 4.79 Å². The van der Waals surface area contributed by atoms with Gasteiger partial charge in [0.2, 0.25) is 11.8 Å². The number of fused-ring (bicyclic) bond motifs is 2. The molecule has 5 heterocycles. The van der Waals surface area contributed by atoms with Crippen molar-refractivity contribution < 1.29 is 88.4 Å². The summed E-state index contributed by atoms with van der Waals surface area (Å²) in [6.45, 7) is 11.6. The van der Waals surface area contributed by atoms with E-state index < -0.39 is 79.8 Å². The first-order chi connectivity index (χ1) is 65.0. The number of carbonyl (C=O) groups is 4. The van der Waals surface area contributed by atoms with E-state index in [9.17, 15) is 14.4 Å². The van der Waals surface area contributed by atoms with Crippen molar-refractivity contribution in [1.82, 2.24) is 40.4 Å². The van der Waals surface area contributed by atoms with E-state index in [1.54, 1.807) is 53.6 Å². The van der Waals surface area contributed by atoms with Crippen molar-refractivity contribution in [2.45, 2.75) is 239 Å². The van der Waals surface area contributed by atoms with E-state index in [4.69, 9.17) is 84.1 Å². The molecule has 28 nitrogen and oxygen atoms in total. The Hall–Kier alpha value is -9.63. The lowest BCUT2D eigenvalue weighted by Gasteiger charge is -2.45. The maximum absolute atomic E-state index is 16.1. The average Bonchev–Trinajstić information content (AvgIpc) is 1.51. The summed E-state index contributed by atoms with van der Waals surface area (Å²) in [6, 6.07) is 59.8. The molecule has 134 heavy (non-hydrogen) atoms. The van der Waals surface area contributed by atoms with Gasteiger partial charge in [-0.25, -0.2) is 24.5 Å². The molecule has 2 aromatic heterocycles. The highest BCUT2D eigenvalue weighted by Gasteiger charge is 2.60. The van der Waals surface area contributed by atoms with Gasteiger partial charge in [-0.2, -0.15) is 11.8 Å². The van der Waals surface area contributed by atoms with Crippen molar-refractivity contribution in [3.05, 3.63) is 240 Å². The van der Waals surface area contributed by atoms with Crippen LogP contribution in [0, 0.1) is 0 Å². The van der Waals surface area contributed by atoms with Crippen LogP contribution in [0.5, 0.6) is 23.0 Å². The molecule has 722 valence electrons. The Balaban J connectivity index is 0.750. The Labute approximate surface area is 797 Å². The maximum Gasteiger partial charge on any atom is 0.658 e. The summed E-state index contributed by atoms with van der Waals surface area (Å²) >= 11 is 1.87. The van der Waals surface area contributed by atoms with Gasteiger partial charge in [0.25, 0.3) is 6.48 Å². The highest BCUT2D eigenvalue weighted by molar-refractivity contribution is 8.00. The van der Waals surface area contributed by atoms with Crippen molar-refractivity contribution >= 4 is 78.2 Å². The van der Waals surface area contributed by atoms with Crippen LogP contribution in [0.25, 0.3) is 11.2 Å². The molecule has 0 radical (unpaired) electrons. The number of rotatable bonds is 49. The zero-order valence-electron chi connectivity index (χ0n) is 79.8. The number of imidazole rings is 1. The summed E-state index contributed by atoms with van der Waals surface area (Å²) in [7, 11) is 0.121. The summed E-state index contributed by atoms with van der Waals surface area (Å²) in [4.78, 5) is 76.4. The molecule has 32 heteroatoms. The Morgan fingerprint density at radius 2 is 1.07 bits per heavy atom. The molecule has 0 bridgehead atoms. The zero-order valence-corrected chi connectivity index (χ0v) is 83.6. The third-order valence-electron chi connectivity index (χ3n) is 24.9. The number of hydrogen-bond acceptors (Lipinski definition) is 24. The first-order valence-corrected chi connectivity index (χ1v) is 56.9. The van der Waals surface area contributed by atoms with Crippen LogP contribution in [0.4, 0.5) is 10.6 Å². The average molecular weight is 1910 g/mol. The molecule has 8 atom stereocenters. The van der Waals surface area contributed by atoms with Gasteiger partial charge in [0.15, 0.2) is 45.9 Å². The molecule has 7 aromatic carbocycles. The van der Waals surface area contributed by atoms with Crippen LogP contribution in [0.15, 0.2) is 201 Å². The van der Waals surface area contributed by atoms with Gasteiger partial charge in [-0.3, -0.25) is 14.2 Å². The molecule has 3 aliphatic heterocycles. The first kappa shape index (κ1) is 102. The van der Waals surface area contributed by atoms with Crippen molar-refractivity contribution in [2.75, 3.05) is 93.3 Å². The minimum Gasteiger partial charge on any atom is -0.497 e. The standard InChI is InChI=1S/C102H137N9O19SSi3/c1-116-64-66-122-100(123-67-65-117-2)127-94-93(126-98(114)85(68-73-36-24-20-25-37-73)107-90(113)46-32-23-35-63-103-89(112)45-34-33-44-88-91-86(70-131-88)111(99(115)108-91)102(77-40-28-22-29-41-77,78-51-59-82(120-5)60-52-78)79-53-61-83(121-6)62-54-79)87(69-124-134(129-132(7,8)9,130-133(10,11)12)128-84-42-30-18-16-14-13-15-17-19-31-43-84)125-97(94)110-72-106-92-95(104-71-105-96(92)110)109-101(74-38-26-21-27-39-74,75-47-55-80(118-3)56-48-75)76-49-57-81(119-4)58-50-76/h20-22,24-29,36-41,47-62,71-72,84-88,91,93-94,97,100H,13-19,23,30-35,42-46,63-70H2,1-12H3,(H,103,112)(H,107,113)(H,108,115)(H,104,105,109)/t85-,86-,87+,88-,91-,93+,94+,97+/m0/s1/i127+2. The number of thioether (sulfide) groups is 1. The molecule has 4 fully saturated rings. The summed E-state index contributed by atoms with van der Waals surface area (Å²) in [6.07, 6.45) is 13.5. The van der Waals surface area contributed by atoms with Crippen LogP contribution in [0.2, 0.25) is 39.3 Å². The molecule has 9 aromatic rings. The largest absolute Gasteiger partial charge is 0.658 e. The van der Waals surface area contributed by atoms with Crippen LogP contribution in [0.1, 0.15) is 167 Å². The van der Waals surface area contributed by atoms with E-state index in [0.29, 0.717) is 78.6 Å². The molecular formula is C102H137N9O19SSi3. The fourth-order valence-electron chi connectivity index (χ4n) is 18.5. The number of hydrogen-bond donors (Lipinski definition) is 4. The number of methoxy groups -OCH3 is 6. The third kappa shape index (κ3) is 26.6. The molecule has 4 N–H and O–H groups in total. The zero-order chi connectivity index (χ0) is 94.5. The second-order valence-corrected chi connectivity index (χ2v) is 49.5. The van der Waals surface area contributed by atoms with Crippen LogP contribution in [-0.2, 0) is 82.1 Å². The fraction of sp³-hybridized carbons (Fsp3) is 0.500. The van der Waals surface area contributed by atoms with Gasteiger partial charge in [0.05, 0.1) is 86.0 Å². The SMILES string of the molecule is COCCOC(OCCOC)[18O][C@@H]1[C@H](OC(=O)[C@H](Cc2ccccc2)NC(=O)CCCCCNC(=O)CCCC[C@@H]2SC[C@H]3[C@@H]2NC(=O)N3C(c2ccccc2)(c2ccc(OC)cc2)c2ccc(OC)cc2)[C@@H](CO[Si](OC2CCCCCCCCCCC2)(O[Si](C)(C)C)O[Si](C)(C)C)O[C@H]1n1cnc2c(NC(c3ccccc3)(c3ccc(OC)cc3)c3ccc(OC)cc3)ncnc21. The van der Waals surface area contributed by atoms with Gasteiger partial charge >= 0.3 is 21.0 Å². The fourth-order valence-corrected chi connectivity index (χ4v) is 28.5. The number of urea groups is 1. The lowest BCUT2D eigenvalue weighted by Crippen LogP contribution is -2.61. The molecule has 1 aliphatic carbocycles. The van der Waals surface area contributed by atoms with Crippen LogP contribution in [0.3, 0.4) is 0 Å². The number of ether oxygens (including phenoxy) is 11. The van der Waals surface area contributed by atoms with Gasteiger partial charge < -0.3 is 95.4 Å². The van der Waals surface area contributed by atoms with E-state index in [-0.39, 0.29) is 87.2 Å². The monoisotopic (exact) mass is 1910 g/mol. The summed E-state index contributed by atoms with van der Waals surface area (Å²) in [5.74, 6) is 2.61. The van der Waals surface area contributed by atoms with Gasteiger partial charge in [0.1, 0.15) is 58.7 Å². The number of anilines is 1.